The van der Waals surface area contributed by atoms with Gasteiger partial charge in [-0.2, -0.15) is 4.98 Å². The van der Waals surface area contributed by atoms with Crippen LogP contribution in [0, 0.1) is 11.6 Å². The van der Waals surface area contributed by atoms with E-state index < -0.39 is 17.3 Å². The van der Waals surface area contributed by atoms with Gasteiger partial charge in [-0.1, -0.05) is 18.2 Å². The summed E-state index contributed by atoms with van der Waals surface area (Å²) >= 11 is 8.30. The number of nitrogens with zero attached hydrogens (tertiary/aromatic N) is 4. The van der Waals surface area contributed by atoms with Crippen molar-refractivity contribution in [1.82, 2.24) is 19.8 Å². The molecule has 1 N–H and O–H groups in total. The minimum absolute atomic E-state index is 0.0933. The van der Waals surface area contributed by atoms with Crippen molar-refractivity contribution in [3.05, 3.63) is 64.1 Å². The summed E-state index contributed by atoms with van der Waals surface area (Å²) in [6.07, 6.45) is 1.29. The van der Waals surface area contributed by atoms with Crippen molar-refractivity contribution in [3.8, 4) is 11.1 Å². The first-order valence-electron chi connectivity index (χ1n) is 12.6. The lowest BCUT2D eigenvalue weighted by Crippen LogP contribution is -2.49. The number of amides is 1. The van der Waals surface area contributed by atoms with Crippen molar-refractivity contribution in [2.45, 2.75) is 17.5 Å². The highest BCUT2D eigenvalue weighted by molar-refractivity contribution is 7.99. The van der Waals surface area contributed by atoms with Crippen molar-refractivity contribution >= 4 is 46.0 Å². The maximum Gasteiger partial charge on any atom is 0.350 e. The van der Waals surface area contributed by atoms with Crippen LogP contribution in [0.4, 0.5) is 14.6 Å². The van der Waals surface area contributed by atoms with Crippen LogP contribution in [0.25, 0.3) is 22.0 Å². The molecule has 1 unspecified atom stereocenters. The smallest absolute Gasteiger partial charge is 0.350 e. The molecule has 2 aliphatic rings. The van der Waals surface area contributed by atoms with Gasteiger partial charge in [-0.15, -0.1) is 11.8 Å². The van der Waals surface area contributed by atoms with E-state index in [4.69, 9.17) is 16.3 Å². The number of thioether (sulfide) groups is 1. The fourth-order valence-corrected chi connectivity index (χ4v) is 6.74. The molecule has 8 nitrogen and oxygen atoms in total. The third-order valence-corrected chi connectivity index (χ3v) is 8.54. The SMILES string of the molecule is C=CC(=O)N1CCN(c2nc(=O)n3c4c(c(-c5ccc(F)cc5F)c(Cl)cc24)SCC(NCCOC)C3)CC1. The number of ether oxygens (including phenoxy) is 1. The average Bonchev–Trinajstić information content (AvgIpc) is 3.12. The van der Waals surface area contributed by atoms with Crippen molar-refractivity contribution < 1.29 is 18.3 Å². The van der Waals surface area contributed by atoms with E-state index >= 15 is 4.39 Å². The van der Waals surface area contributed by atoms with Crippen molar-refractivity contribution in [2.24, 2.45) is 0 Å². The molecule has 0 spiro atoms. The molecule has 3 heterocycles. The largest absolute Gasteiger partial charge is 0.383 e. The zero-order valence-electron chi connectivity index (χ0n) is 21.4. The molecule has 2 aliphatic heterocycles. The lowest BCUT2D eigenvalue weighted by molar-refractivity contribution is -0.126. The summed E-state index contributed by atoms with van der Waals surface area (Å²) in [6, 6.07) is 5.00. The molecule has 0 saturated carbocycles. The van der Waals surface area contributed by atoms with Crippen LogP contribution in [0.5, 0.6) is 0 Å². The highest BCUT2D eigenvalue weighted by atomic mass is 35.5. The number of hydrogen-bond donors (Lipinski definition) is 1. The second-order valence-electron chi connectivity index (χ2n) is 9.38. The Morgan fingerprint density at radius 3 is 2.74 bits per heavy atom. The van der Waals surface area contributed by atoms with Crippen molar-refractivity contribution in [3.63, 3.8) is 0 Å². The van der Waals surface area contributed by atoms with Crippen molar-refractivity contribution in [1.29, 1.82) is 0 Å². The second kappa shape index (κ2) is 11.6. The topological polar surface area (TPSA) is 79.7 Å². The van der Waals surface area contributed by atoms with Gasteiger partial charge in [0.25, 0.3) is 0 Å². The molecule has 1 aromatic heterocycles. The molecular weight excluding hydrogens is 548 g/mol. The van der Waals surface area contributed by atoms with Crippen LogP contribution in [0.15, 0.2) is 46.6 Å². The Hall–Kier alpha value is -2.99. The van der Waals surface area contributed by atoms with E-state index in [1.807, 2.05) is 4.90 Å². The number of aromatic nitrogens is 2. The van der Waals surface area contributed by atoms with Gasteiger partial charge in [-0.25, -0.2) is 13.6 Å². The number of halogens is 3. The molecule has 1 atom stereocenters. The molecule has 206 valence electrons. The number of rotatable bonds is 7. The molecule has 2 aromatic carbocycles. The first-order chi connectivity index (χ1) is 18.8. The number of nitrogens with one attached hydrogen (secondary N) is 1. The number of anilines is 1. The quantitative estimate of drug-likeness (QED) is 0.341. The van der Waals surface area contributed by atoms with Crippen molar-refractivity contribution in [2.75, 3.05) is 57.1 Å². The molecule has 1 saturated heterocycles. The summed E-state index contributed by atoms with van der Waals surface area (Å²) in [6.45, 7) is 6.86. The second-order valence-corrected chi connectivity index (χ2v) is 10.8. The predicted molar refractivity (Wildman–Crippen MR) is 150 cm³/mol. The minimum Gasteiger partial charge on any atom is -0.383 e. The van der Waals surface area contributed by atoms with E-state index in [9.17, 15) is 14.0 Å². The van der Waals surface area contributed by atoms with E-state index in [-0.39, 0.29) is 22.5 Å². The molecule has 0 radical (unpaired) electrons. The summed E-state index contributed by atoms with van der Waals surface area (Å²) < 4.78 is 35.6. The Morgan fingerprint density at radius 1 is 1.28 bits per heavy atom. The van der Waals surface area contributed by atoms with Crippen LogP contribution in [0.2, 0.25) is 5.02 Å². The maximum absolute atomic E-state index is 15.1. The summed E-state index contributed by atoms with van der Waals surface area (Å²) in [5.41, 5.74) is 0.748. The van der Waals surface area contributed by atoms with Gasteiger partial charge in [0.15, 0.2) is 0 Å². The van der Waals surface area contributed by atoms with E-state index in [0.29, 0.717) is 78.8 Å². The lowest BCUT2D eigenvalue weighted by atomic mass is 10.0. The normalized spacial score (nSPS) is 17.4. The van der Waals surface area contributed by atoms with E-state index in [1.54, 1.807) is 22.6 Å². The number of carbonyl (C=O) groups excluding carboxylic acids is 1. The Bertz CT molecular complexity index is 1490. The molecule has 3 aromatic rings. The van der Waals surface area contributed by atoms with E-state index in [0.717, 1.165) is 6.07 Å². The highest BCUT2D eigenvalue weighted by Gasteiger charge is 2.30. The van der Waals surface area contributed by atoms with Gasteiger partial charge >= 0.3 is 5.69 Å². The van der Waals surface area contributed by atoms with Gasteiger partial charge in [0.1, 0.15) is 17.5 Å². The van der Waals surface area contributed by atoms with Gasteiger partial charge < -0.3 is 19.9 Å². The van der Waals surface area contributed by atoms with Gasteiger partial charge in [0.2, 0.25) is 5.91 Å². The molecule has 39 heavy (non-hydrogen) atoms. The highest BCUT2D eigenvalue weighted by Crippen LogP contribution is 2.46. The molecule has 1 fully saturated rings. The molecule has 0 aliphatic carbocycles. The standard InChI is InChI=1S/C27H28ClF2N5O3S/c1-3-22(36)33-7-9-34(10-8-33)26-19-13-20(28)23(18-5-4-16(29)12-21(18)30)25-24(19)35(27(37)32-26)14-17(15-39-25)31-6-11-38-2/h3-5,12-13,17,31H,1,6-11,14-15H2,2H3. The molecule has 0 bridgehead atoms. The van der Waals surface area contributed by atoms with Gasteiger partial charge in [-0.3, -0.25) is 9.36 Å². The Labute approximate surface area is 233 Å². The Morgan fingerprint density at radius 2 is 2.05 bits per heavy atom. The summed E-state index contributed by atoms with van der Waals surface area (Å²) in [4.78, 5) is 34.4. The Balaban J connectivity index is 1.67. The van der Waals surface area contributed by atoms with Gasteiger partial charge in [0, 0.05) is 85.6 Å². The zero-order chi connectivity index (χ0) is 27.7. The minimum atomic E-state index is -0.738. The molecule has 1 amide bonds. The summed E-state index contributed by atoms with van der Waals surface area (Å²) in [5.74, 6) is -0.524. The van der Waals surface area contributed by atoms with Gasteiger partial charge in [0.05, 0.1) is 17.1 Å². The molecule has 5 rings (SSSR count). The van der Waals surface area contributed by atoms with Crippen LogP contribution in [-0.2, 0) is 16.1 Å². The fourth-order valence-electron chi connectivity index (χ4n) is 5.07. The van der Waals surface area contributed by atoms with Crippen LogP contribution in [0.3, 0.4) is 0 Å². The number of piperazine rings is 1. The molecule has 12 heteroatoms. The van der Waals surface area contributed by atoms with E-state index in [1.165, 1.54) is 30.0 Å². The van der Waals surface area contributed by atoms with Crippen LogP contribution < -0.4 is 15.9 Å². The van der Waals surface area contributed by atoms with Crippen LogP contribution in [0.1, 0.15) is 0 Å². The summed E-state index contributed by atoms with van der Waals surface area (Å²) in [7, 11) is 1.62. The third kappa shape index (κ3) is 5.41. The maximum atomic E-state index is 15.1. The molecular formula is C27H28ClF2N5O3S. The fraction of sp³-hybridized carbons (Fsp3) is 0.370. The number of benzene rings is 2. The first-order valence-corrected chi connectivity index (χ1v) is 13.9. The van der Waals surface area contributed by atoms with Crippen LogP contribution in [-0.4, -0.2) is 78.6 Å². The van der Waals surface area contributed by atoms with Gasteiger partial charge in [-0.05, 0) is 24.3 Å². The first kappa shape index (κ1) is 27.6. The summed E-state index contributed by atoms with van der Waals surface area (Å²) in [5, 5.41) is 4.35. The van der Waals surface area contributed by atoms with E-state index in [2.05, 4.69) is 16.9 Å². The predicted octanol–water partition coefficient (Wildman–Crippen LogP) is 3.54. The van der Waals surface area contributed by atoms with Crippen LogP contribution >= 0.6 is 23.4 Å². The number of carbonyl (C=O) groups is 1. The lowest BCUT2D eigenvalue weighted by Gasteiger charge is -2.35. The third-order valence-electron chi connectivity index (χ3n) is 6.99. The Kier molecular flexibility index (Phi) is 8.22. The monoisotopic (exact) mass is 575 g/mol. The average molecular weight is 576 g/mol. The zero-order valence-corrected chi connectivity index (χ0v) is 23.0. The number of hydrogen-bond acceptors (Lipinski definition) is 7. The number of methoxy groups -OCH3 is 1.